The highest BCUT2D eigenvalue weighted by Gasteiger charge is 2.23. The van der Waals surface area contributed by atoms with Gasteiger partial charge in [0.1, 0.15) is 0 Å². The second-order valence-electron chi connectivity index (χ2n) is 10.7. The Bertz CT molecular complexity index is 608. The molecule has 0 amide bonds. The van der Waals surface area contributed by atoms with Crippen molar-refractivity contribution >= 4 is 11.6 Å². The van der Waals surface area contributed by atoms with Gasteiger partial charge in [-0.25, -0.2) is 0 Å². The average Bonchev–Trinajstić information content (AvgIpc) is 2.65. The van der Waals surface area contributed by atoms with Crippen molar-refractivity contribution in [1.29, 1.82) is 0 Å². The quantitative estimate of drug-likeness (QED) is 0.252. The summed E-state index contributed by atoms with van der Waals surface area (Å²) in [5.74, 6) is 3.22. The number of carbonyl (C=O) groups is 2. The van der Waals surface area contributed by atoms with Gasteiger partial charge in [-0.1, -0.05) is 92.4 Å². The zero-order valence-electron chi connectivity index (χ0n) is 21.0. The van der Waals surface area contributed by atoms with Crippen molar-refractivity contribution in [1.82, 2.24) is 0 Å². The Labute approximate surface area is 187 Å². The van der Waals surface area contributed by atoms with Gasteiger partial charge in [-0.2, -0.15) is 0 Å². The molecule has 2 heteroatoms. The highest BCUT2D eigenvalue weighted by atomic mass is 16.1. The molecule has 30 heavy (non-hydrogen) atoms. The first-order valence-electron chi connectivity index (χ1n) is 12.6. The molecular weight excluding hydrogens is 368 g/mol. The highest BCUT2D eigenvalue weighted by Crippen LogP contribution is 2.27. The molecule has 0 spiro atoms. The van der Waals surface area contributed by atoms with Crippen LogP contribution in [-0.2, 0) is 9.59 Å². The molecule has 0 aromatic rings. The van der Waals surface area contributed by atoms with E-state index in [0.29, 0.717) is 17.1 Å². The summed E-state index contributed by atoms with van der Waals surface area (Å²) in [6.07, 6.45) is 15.3. The Balaban J connectivity index is 2.17. The number of allylic oxidation sites excluding steroid dienone is 4. The lowest BCUT2D eigenvalue weighted by Gasteiger charge is -2.18. The van der Waals surface area contributed by atoms with Crippen LogP contribution in [0.15, 0.2) is 22.8 Å². The molecule has 0 saturated carbocycles. The Hall–Kier alpha value is -1.18. The minimum absolute atomic E-state index is 0.0420. The van der Waals surface area contributed by atoms with Crippen LogP contribution in [0, 0.1) is 23.7 Å². The molecule has 0 fully saturated rings. The van der Waals surface area contributed by atoms with Crippen molar-refractivity contribution < 1.29 is 9.59 Å². The average molecular weight is 417 g/mol. The van der Waals surface area contributed by atoms with Gasteiger partial charge in [-0.15, -0.1) is 0 Å². The van der Waals surface area contributed by atoms with E-state index in [2.05, 4.69) is 34.6 Å². The molecule has 0 aromatic heterocycles. The van der Waals surface area contributed by atoms with Crippen LogP contribution in [0.2, 0.25) is 0 Å². The van der Waals surface area contributed by atoms with Crippen LogP contribution in [0.3, 0.4) is 0 Å². The van der Waals surface area contributed by atoms with E-state index >= 15 is 0 Å². The van der Waals surface area contributed by atoms with E-state index in [1.165, 1.54) is 63.9 Å². The number of hydrogen-bond acceptors (Lipinski definition) is 2. The lowest BCUT2D eigenvalue weighted by molar-refractivity contribution is -0.116. The smallest absolute Gasteiger partial charge is 0.184 e. The van der Waals surface area contributed by atoms with Crippen molar-refractivity contribution in [2.45, 2.75) is 119 Å². The fourth-order valence-corrected chi connectivity index (χ4v) is 4.61. The molecule has 1 aliphatic carbocycles. The zero-order valence-corrected chi connectivity index (χ0v) is 21.0. The molecule has 0 heterocycles. The Morgan fingerprint density at radius 3 is 1.57 bits per heavy atom. The van der Waals surface area contributed by atoms with E-state index in [9.17, 15) is 9.59 Å². The predicted octanol–water partition coefficient (Wildman–Crippen LogP) is 8.26. The number of Topliss-reactive ketones (excluding diaryl/α,β-unsaturated/α-hetero) is 1. The van der Waals surface area contributed by atoms with Crippen molar-refractivity contribution in [3.05, 3.63) is 22.8 Å². The molecule has 3 atom stereocenters. The SMILES string of the molecule is CC1=CC(=O)C(CCC(C)CCCC(C)CCCC(C)CCCC(C)C)=C(C)C1=O. The van der Waals surface area contributed by atoms with Gasteiger partial charge in [0, 0.05) is 16.7 Å². The fourth-order valence-electron chi connectivity index (χ4n) is 4.61. The van der Waals surface area contributed by atoms with Gasteiger partial charge >= 0.3 is 0 Å². The van der Waals surface area contributed by atoms with Gasteiger partial charge in [-0.05, 0) is 56.4 Å². The third-order valence-electron chi connectivity index (χ3n) is 6.95. The van der Waals surface area contributed by atoms with Gasteiger partial charge in [0.25, 0.3) is 0 Å². The van der Waals surface area contributed by atoms with E-state index in [0.717, 1.165) is 36.2 Å². The Morgan fingerprint density at radius 1 is 0.667 bits per heavy atom. The van der Waals surface area contributed by atoms with Crippen LogP contribution in [0.25, 0.3) is 0 Å². The van der Waals surface area contributed by atoms with E-state index < -0.39 is 0 Å². The van der Waals surface area contributed by atoms with E-state index in [4.69, 9.17) is 0 Å². The standard InChI is InChI=1S/C28H48O2/c1-20(2)11-8-12-21(3)13-9-14-22(4)15-10-16-23(5)17-18-26-25(7)28(30)24(6)19-27(26)29/h19-23H,8-18H2,1-7H3. The molecule has 1 aliphatic rings. The minimum atomic E-state index is 0.0420. The van der Waals surface area contributed by atoms with Crippen molar-refractivity contribution in [2.24, 2.45) is 23.7 Å². The second kappa shape index (κ2) is 14.0. The molecule has 3 unspecified atom stereocenters. The van der Waals surface area contributed by atoms with Crippen molar-refractivity contribution in [3.8, 4) is 0 Å². The maximum Gasteiger partial charge on any atom is 0.184 e. The summed E-state index contributed by atoms with van der Waals surface area (Å²) in [6.45, 7) is 15.3. The Kier molecular flexibility index (Phi) is 12.5. The third kappa shape index (κ3) is 10.2. The first-order chi connectivity index (χ1) is 14.1. The lowest BCUT2D eigenvalue weighted by Crippen LogP contribution is -2.17. The topological polar surface area (TPSA) is 34.1 Å². The fraction of sp³-hybridized carbons (Fsp3) is 0.786. The van der Waals surface area contributed by atoms with Crippen LogP contribution >= 0.6 is 0 Å². The molecule has 0 aromatic carbocycles. The van der Waals surface area contributed by atoms with Crippen molar-refractivity contribution in [2.75, 3.05) is 0 Å². The van der Waals surface area contributed by atoms with Gasteiger partial charge in [-0.3, -0.25) is 9.59 Å². The van der Waals surface area contributed by atoms with Gasteiger partial charge in [0.2, 0.25) is 0 Å². The molecule has 1 rings (SSSR count). The molecule has 0 bridgehead atoms. The van der Waals surface area contributed by atoms with Crippen LogP contribution in [0.4, 0.5) is 0 Å². The lowest BCUT2D eigenvalue weighted by atomic mass is 9.86. The van der Waals surface area contributed by atoms with Crippen LogP contribution < -0.4 is 0 Å². The molecule has 0 saturated heterocycles. The summed E-state index contributed by atoms with van der Waals surface area (Å²) in [5, 5.41) is 0. The van der Waals surface area contributed by atoms with Crippen LogP contribution in [0.5, 0.6) is 0 Å². The summed E-state index contributed by atoms with van der Waals surface area (Å²) in [5.41, 5.74) is 1.99. The Morgan fingerprint density at radius 2 is 1.10 bits per heavy atom. The monoisotopic (exact) mass is 416 g/mol. The minimum Gasteiger partial charge on any atom is -0.290 e. The first-order valence-corrected chi connectivity index (χ1v) is 12.6. The maximum absolute atomic E-state index is 12.2. The van der Waals surface area contributed by atoms with Crippen molar-refractivity contribution in [3.63, 3.8) is 0 Å². The molecule has 172 valence electrons. The summed E-state index contributed by atoms with van der Waals surface area (Å²) in [7, 11) is 0. The maximum atomic E-state index is 12.2. The second-order valence-corrected chi connectivity index (χ2v) is 10.7. The van der Waals surface area contributed by atoms with E-state index in [-0.39, 0.29) is 11.6 Å². The van der Waals surface area contributed by atoms with E-state index in [1.54, 1.807) is 6.92 Å². The number of ketones is 2. The molecule has 0 radical (unpaired) electrons. The highest BCUT2D eigenvalue weighted by molar-refractivity contribution is 6.22. The van der Waals surface area contributed by atoms with Crippen LogP contribution in [-0.4, -0.2) is 11.6 Å². The first kappa shape index (κ1) is 26.9. The largest absolute Gasteiger partial charge is 0.290 e. The predicted molar refractivity (Wildman–Crippen MR) is 130 cm³/mol. The summed E-state index contributed by atoms with van der Waals surface area (Å²) < 4.78 is 0. The third-order valence-corrected chi connectivity index (χ3v) is 6.95. The summed E-state index contributed by atoms with van der Waals surface area (Å²) in [4.78, 5) is 24.3. The normalized spacial score (nSPS) is 18.1. The number of carbonyl (C=O) groups excluding carboxylic acids is 2. The van der Waals surface area contributed by atoms with Gasteiger partial charge in [0.05, 0.1) is 0 Å². The number of hydrogen-bond donors (Lipinski definition) is 0. The molecule has 0 N–H and O–H groups in total. The summed E-state index contributed by atoms with van der Waals surface area (Å²) in [6, 6.07) is 0. The number of rotatable bonds is 15. The zero-order chi connectivity index (χ0) is 22.7. The summed E-state index contributed by atoms with van der Waals surface area (Å²) >= 11 is 0. The molecule has 0 aliphatic heterocycles. The van der Waals surface area contributed by atoms with Gasteiger partial charge < -0.3 is 0 Å². The van der Waals surface area contributed by atoms with Crippen LogP contribution in [0.1, 0.15) is 119 Å². The van der Waals surface area contributed by atoms with Gasteiger partial charge in [0.15, 0.2) is 11.6 Å². The molecule has 2 nitrogen and oxygen atoms in total. The molecular formula is C28H48O2. The van der Waals surface area contributed by atoms with E-state index in [1.807, 2.05) is 6.92 Å².